The number of unbranched alkanes of at least 4 members (excludes halogenated alkanes) is 4. The fourth-order valence-electron chi connectivity index (χ4n) is 3.71. The van der Waals surface area contributed by atoms with Gasteiger partial charge in [0.05, 0.1) is 23.3 Å². The lowest BCUT2D eigenvalue weighted by atomic mass is 10.0. The van der Waals surface area contributed by atoms with E-state index in [4.69, 9.17) is 9.47 Å². The van der Waals surface area contributed by atoms with Gasteiger partial charge in [-0.25, -0.2) is 9.59 Å². The van der Waals surface area contributed by atoms with E-state index in [1.165, 1.54) is 25.7 Å². The number of rotatable bonds is 16. The zero-order valence-corrected chi connectivity index (χ0v) is 21.3. The largest absolute Gasteiger partial charge is 0.459 e. The zero-order valence-electron chi connectivity index (χ0n) is 21.3. The highest BCUT2D eigenvalue weighted by atomic mass is 16.5. The number of hydrogen-bond donors (Lipinski definition) is 0. The van der Waals surface area contributed by atoms with Gasteiger partial charge in [0, 0.05) is 0 Å². The molecule has 0 heterocycles. The molecule has 1 aromatic carbocycles. The van der Waals surface area contributed by atoms with E-state index < -0.39 is 0 Å². The topological polar surface area (TPSA) is 52.6 Å². The van der Waals surface area contributed by atoms with E-state index in [1.807, 2.05) is 13.8 Å². The standard InChI is InChI=1S/C28H46O4/c1-21(2)14-9-7-11-16-23(5)31-27(29)25-18-13-19-26(20-25)28(30)32-24(6)17-12-8-10-15-22(3)4/h13,18-24H,7-12,14-17H2,1-6H3. The van der Waals surface area contributed by atoms with Crippen LogP contribution in [0.3, 0.4) is 0 Å². The Morgan fingerprint density at radius 1 is 0.625 bits per heavy atom. The van der Waals surface area contributed by atoms with Gasteiger partial charge in [0.2, 0.25) is 0 Å². The summed E-state index contributed by atoms with van der Waals surface area (Å²) in [4.78, 5) is 25.0. The van der Waals surface area contributed by atoms with E-state index in [0.29, 0.717) is 11.1 Å². The minimum atomic E-state index is -0.382. The molecule has 1 rings (SSSR count). The predicted molar refractivity (Wildman–Crippen MR) is 132 cm³/mol. The van der Waals surface area contributed by atoms with E-state index >= 15 is 0 Å². The predicted octanol–water partition coefficient (Wildman–Crippen LogP) is 7.99. The third-order valence-corrected chi connectivity index (χ3v) is 5.73. The molecule has 0 amide bonds. The van der Waals surface area contributed by atoms with Crippen molar-refractivity contribution < 1.29 is 19.1 Å². The number of ether oxygens (including phenoxy) is 2. The van der Waals surface area contributed by atoms with Crippen LogP contribution >= 0.6 is 0 Å². The van der Waals surface area contributed by atoms with Crippen LogP contribution in [0.25, 0.3) is 0 Å². The van der Waals surface area contributed by atoms with E-state index in [1.54, 1.807) is 24.3 Å². The molecule has 0 aliphatic heterocycles. The monoisotopic (exact) mass is 446 g/mol. The van der Waals surface area contributed by atoms with Gasteiger partial charge in [-0.05, 0) is 69.6 Å². The Kier molecular flexibility index (Phi) is 14.0. The molecule has 0 fully saturated rings. The van der Waals surface area contributed by atoms with E-state index in [0.717, 1.165) is 50.4 Å². The molecular weight excluding hydrogens is 400 g/mol. The average molecular weight is 447 g/mol. The van der Waals surface area contributed by atoms with Crippen LogP contribution in [0.4, 0.5) is 0 Å². The fourth-order valence-corrected chi connectivity index (χ4v) is 3.71. The van der Waals surface area contributed by atoms with Crippen molar-refractivity contribution in [3.8, 4) is 0 Å². The van der Waals surface area contributed by atoms with E-state index in [-0.39, 0.29) is 24.1 Å². The molecule has 0 saturated heterocycles. The SMILES string of the molecule is CC(C)CCCCCC(C)OC(=O)c1cccc(C(=O)OC(C)CCCCCC(C)C)c1. The minimum Gasteiger partial charge on any atom is -0.459 e. The maximum Gasteiger partial charge on any atom is 0.338 e. The molecular formula is C28H46O4. The lowest BCUT2D eigenvalue weighted by Crippen LogP contribution is -2.17. The number of carbonyl (C=O) groups excluding carboxylic acids is 2. The van der Waals surface area contributed by atoms with Crippen LogP contribution in [0.15, 0.2) is 24.3 Å². The Labute approximate surface area is 196 Å². The summed E-state index contributed by atoms with van der Waals surface area (Å²) in [7, 11) is 0. The maximum atomic E-state index is 12.5. The molecule has 0 N–H and O–H groups in total. The summed E-state index contributed by atoms with van der Waals surface area (Å²) in [5.41, 5.74) is 0.792. The van der Waals surface area contributed by atoms with Crippen molar-refractivity contribution in [2.24, 2.45) is 11.8 Å². The van der Waals surface area contributed by atoms with E-state index in [9.17, 15) is 9.59 Å². The minimum absolute atomic E-state index is 0.132. The molecule has 0 spiro atoms. The zero-order chi connectivity index (χ0) is 23.9. The van der Waals surface area contributed by atoms with Crippen LogP contribution in [-0.4, -0.2) is 24.1 Å². The van der Waals surface area contributed by atoms with Crippen molar-refractivity contribution in [3.05, 3.63) is 35.4 Å². The van der Waals surface area contributed by atoms with Gasteiger partial charge in [0.25, 0.3) is 0 Å². The van der Waals surface area contributed by atoms with Crippen molar-refractivity contribution in [2.45, 2.75) is 118 Å². The summed E-state index contributed by atoms with van der Waals surface area (Å²) in [5.74, 6) is 0.712. The summed E-state index contributed by atoms with van der Waals surface area (Å²) in [5, 5.41) is 0. The molecule has 0 saturated carbocycles. The van der Waals surface area contributed by atoms with Crippen LogP contribution in [0.2, 0.25) is 0 Å². The van der Waals surface area contributed by atoms with Crippen molar-refractivity contribution in [3.63, 3.8) is 0 Å². The quantitative estimate of drug-likeness (QED) is 0.191. The van der Waals surface area contributed by atoms with Gasteiger partial charge in [0.1, 0.15) is 0 Å². The highest BCUT2D eigenvalue weighted by Gasteiger charge is 2.16. The number of esters is 2. The van der Waals surface area contributed by atoms with Gasteiger partial charge in [-0.15, -0.1) is 0 Å². The van der Waals surface area contributed by atoms with Crippen molar-refractivity contribution in [2.75, 3.05) is 0 Å². The molecule has 2 unspecified atom stereocenters. The van der Waals surface area contributed by atoms with Gasteiger partial charge >= 0.3 is 11.9 Å². The Balaban J connectivity index is 2.42. The lowest BCUT2D eigenvalue weighted by molar-refractivity contribution is 0.0318. The van der Waals surface area contributed by atoms with E-state index in [2.05, 4.69) is 27.7 Å². The summed E-state index contributed by atoms with van der Waals surface area (Å²) in [6.07, 6.45) is 10.8. The average Bonchev–Trinajstić information content (AvgIpc) is 2.72. The van der Waals surface area contributed by atoms with Gasteiger partial charge in [-0.2, -0.15) is 0 Å². The molecule has 0 radical (unpaired) electrons. The number of hydrogen-bond acceptors (Lipinski definition) is 4. The molecule has 0 aliphatic carbocycles. The van der Waals surface area contributed by atoms with Crippen molar-refractivity contribution >= 4 is 11.9 Å². The molecule has 4 nitrogen and oxygen atoms in total. The smallest absolute Gasteiger partial charge is 0.338 e. The van der Waals surface area contributed by atoms with Crippen molar-refractivity contribution in [1.29, 1.82) is 0 Å². The maximum absolute atomic E-state index is 12.5. The highest BCUT2D eigenvalue weighted by Crippen LogP contribution is 2.16. The third kappa shape index (κ3) is 12.9. The molecule has 2 atom stereocenters. The normalized spacial score (nSPS) is 13.2. The first-order valence-electron chi connectivity index (χ1n) is 12.7. The first-order chi connectivity index (χ1) is 15.2. The summed E-state index contributed by atoms with van der Waals surface area (Å²) in [6.45, 7) is 12.8. The molecule has 0 aliphatic rings. The van der Waals surface area contributed by atoms with Gasteiger partial charge in [-0.3, -0.25) is 0 Å². The molecule has 0 bridgehead atoms. The second kappa shape index (κ2) is 15.9. The molecule has 1 aromatic rings. The Morgan fingerprint density at radius 2 is 1.00 bits per heavy atom. The molecule has 182 valence electrons. The Hall–Kier alpha value is -1.84. The van der Waals surface area contributed by atoms with Crippen LogP contribution in [-0.2, 0) is 9.47 Å². The Bertz CT molecular complexity index is 612. The lowest BCUT2D eigenvalue weighted by Gasteiger charge is -2.15. The Morgan fingerprint density at radius 3 is 1.38 bits per heavy atom. The summed E-state index contributed by atoms with van der Waals surface area (Å²) in [6, 6.07) is 6.66. The fraction of sp³-hybridized carbons (Fsp3) is 0.714. The first-order valence-corrected chi connectivity index (χ1v) is 12.7. The van der Waals surface area contributed by atoms with Gasteiger partial charge in [-0.1, -0.05) is 72.3 Å². The summed E-state index contributed by atoms with van der Waals surface area (Å²) >= 11 is 0. The van der Waals surface area contributed by atoms with Crippen molar-refractivity contribution in [1.82, 2.24) is 0 Å². The first kappa shape index (κ1) is 28.2. The molecule has 4 heteroatoms. The molecule has 32 heavy (non-hydrogen) atoms. The van der Waals surface area contributed by atoms with Gasteiger partial charge < -0.3 is 9.47 Å². The second-order valence-corrected chi connectivity index (χ2v) is 10.1. The van der Waals surface area contributed by atoms with Crippen LogP contribution in [0.1, 0.15) is 126 Å². The third-order valence-electron chi connectivity index (χ3n) is 5.73. The number of benzene rings is 1. The van der Waals surface area contributed by atoms with Crippen LogP contribution in [0, 0.1) is 11.8 Å². The number of carbonyl (C=O) groups is 2. The molecule has 0 aromatic heterocycles. The second-order valence-electron chi connectivity index (χ2n) is 10.1. The van der Waals surface area contributed by atoms with Crippen LogP contribution in [0.5, 0.6) is 0 Å². The van der Waals surface area contributed by atoms with Gasteiger partial charge in [0.15, 0.2) is 0 Å². The highest BCUT2D eigenvalue weighted by molar-refractivity contribution is 5.95. The van der Waals surface area contributed by atoms with Crippen LogP contribution < -0.4 is 0 Å². The summed E-state index contributed by atoms with van der Waals surface area (Å²) < 4.78 is 11.2.